The Morgan fingerprint density at radius 3 is 2.54 bits per heavy atom. The lowest BCUT2D eigenvalue weighted by atomic mass is 10.0. The second-order valence-corrected chi connectivity index (χ2v) is 9.61. The van der Waals surface area contributed by atoms with Gasteiger partial charge in [0.2, 0.25) is 0 Å². The smallest absolute Gasteiger partial charge is 0.182 e. The number of rotatable bonds is 7. The lowest BCUT2D eigenvalue weighted by molar-refractivity contribution is 0.517. The van der Waals surface area contributed by atoms with Gasteiger partial charge in [-0.2, -0.15) is 5.10 Å². The number of allylic oxidation sites excluding steroid dienone is 1. The van der Waals surface area contributed by atoms with Gasteiger partial charge in [0, 0.05) is 24.2 Å². The summed E-state index contributed by atoms with van der Waals surface area (Å²) >= 11 is 6.24. The molecule has 0 aliphatic rings. The molecule has 28 heavy (non-hydrogen) atoms. The Kier molecular flexibility index (Phi) is 8.68. The van der Waals surface area contributed by atoms with Crippen molar-refractivity contribution in [1.29, 1.82) is 0 Å². The van der Waals surface area contributed by atoms with Gasteiger partial charge in [0.15, 0.2) is 9.84 Å². The zero-order valence-electron chi connectivity index (χ0n) is 16.4. The summed E-state index contributed by atoms with van der Waals surface area (Å²) in [4.78, 5) is 0.140. The molecule has 0 aliphatic carbocycles. The average Bonchev–Trinajstić information content (AvgIpc) is 2.82. The summed E-state index contributed by atoms with van der Waals surface area (Å²) in [5, 5.41) is 4.06. The molecule has 0 saturated carbocycles. The van der Waals surface area contributed by atoms with Crippen LogP contribution in [0.25, 0.3) is 0 Å². The van der Waals surface area contributed by atoms with Gasteiger partial charge >= 0.3 is 0 Å². The third-order valence-electron chi connectivity index (χ3n) is 4.48. The van der Waals surface area contributed by atoms with Crippen molar-refractivity contribution in [2.75, 3.05) is 6.54 Å². The number of sulfone groups is 1. The second-order valence-electron chi connectivity index (χ2n) is 6.73. The first kappa shape index (κ1) is 24.6. The summed E-state index contributed by atoms with van der Waals surface area (Å²) < 4.78 is 40.0. The third-order valence-corrected chi connectivity index (χ3v) is 7.11. The molecule has 156 valence electrons. The van der Waals surface area contributed by atoms with Crippen LogP contribution >= 0.6 is 24.0 Å². The number of hydrogen-bond donors (Lipinski definition) is 1. The van der Waals surface area contributed by atoms with E-state index in [4.69, 9.17) is 17.3 Å². The predicted molar refractivity (Wildman–Crippen MR) is 114 cm³/mol. The molecule has 5 nitrogen and oxygen atoms in total. The zero-order valence-corrected chi connectivity index (χ0v) is 18.8. The molecular weight excluding hydrogens is 424 g/mol. The van der Waals surface area contributed by atoms with Crippen molar-refractivity contribution in [2.45, 2.75) is 50.8 Å². The maximum absolute atomic E-state index is 13.8. The molecule has 2 N–H and O–H groups in total. The van der Waals surface area contributed by atoms with Crippen molar-refractivity contribution in [3.8, 4) is 0 Å². The number of nitrogens with zero attached hydrogens (tertiary/aromatic N) is 2. The Labute approximate surface area is 177 Å². The largest absolute Gasteiger partial charge is 0.327 e. The van der Waals surface area contributed by atoms with Gasteiger partial charge in [-0.3, -0.25) is 4.68 Å². The Morgan fingerprint density at radius 2 is 2.00 bits per heavy atom. The van der Waals surface area contributed by atoms with Crippen molar-refractivity contribution < 1.29 is 12.8 Å². The molecule has 0 amide bonds. The van der Waals surface area contributed by atoms with Gasteiger partial charge in [-0.15, -0.1) is 12.4 Å². The first-order valence-electron chi connectivity index (χ1n) is 8.67. The highest BCUT2D eigenvalue weighted by Crippen LogP contribution is 2.28. The topological polar surface area (TPSA) is 78.0 Å². The van der Waals surface area contributed by atoms with Crippen molar-refractivity contribution in [2.24, 2.45) is 5.73 Å². The van der Waals surface area contributed by atoms with Crippen molar-refractivity contribution in [3.63, 3.8) is 0 Å². The SMILES string of the molecule is Cc1nn(C/C(F)=C/CN)c(C)c1Cc1ccc(S(=O)(=O)C(C)C)c(Cl)c1.Cl. The fraction of sp³-hybridized carbons (Fsp3) is 0.421. The van der Waals surface area contributed by atoms with E-state index in [1.807, 2.05) is 13.8 Å². The molecule has 1 heterocycles. The lowest BCUT2D eigenvalue weighted by Crippen LogP contribution is -2.14. The van der Waals surface area contributed by atoms with Crippen LogP contribution in [0.15, 0.2) is 35.0 Å². The fourth-order valence-electron chi connectivity index (χ4n) is 2.82. The van der Waals surface area contributed by atoms with E-state index in [9.17, 15) is 12.8 Å². The summed E-state index contributed by atoms with van der Waals surface area (Å²) in [7, 11) is -3.43. The molecule has 0 atom stereocenters. The van der Waals surface area contributed by atoms with E-state index >= 15 is 0 Å². The van der Waals surface area contributed by atoms with Crippen LogP contribution in [0, 0.1) is 13.8 Å². The van der Waals surface area contributed by atoms with Gasteiger partial charge in [0.1, 0.15) is 5.83 Å². The number of hydrogen-bond acceptors (Lipinski definition) is 4. The molecule has 0 bridgehead atoms. The van der Waals surface area contributed by atoms with E-state index < -0.39 is 15.1 Å². The minimum absolute atomic E-state index is 0. The summed E-state index contributed by atoms with van der Waals surface area (Å²) in [5.41, 5.74) is 8.81. The molecule has 0 saturated heterocycles. The van der Waals surface area contributed by atoms with Crippen LogP contribution in [0.5, 0.6) is 0 Å². The highest BCUT2D eigenvalue weighted by Gasteiger charge is 2.22. The van der Waals surface area contributed by atoms with Crippen LogP contribution in [0.2, 0.25) is 5.02 Å². The first-order valence-corrected chi connectivity index (χ1v) is 10.6. The molecule has 2 rings (SSSR count). The standard InChI is InChI=1S/C19H25ClFN3O2S.ClH/c1-12(2)27(25,26)19-6-5-15(10-18(19)20)9-17-13(3)23-24(14(17)4)11-16(21)7-8-22;/h5-7,10,12H,8-9,11,22H2,1-4H3;1H/b16-7-;. The maximum Gasteiger partial charge on any atom is 0.182 e. The van der Waals surface area contributed by atoms with E-state index in [0.29, 0.717) is 6.42 Å². The minimum atomic E-state index is -3.43. The maximum atomic E-state index is 13.8. The fourth-order valence-corrected chi connectivity index (χ4v) is 4.44. The van der Waals surface area contributed by atoms with Crippen LogP contribution in [-0.4, -0.2) is 30.0 Å². The molecule has 2 aromatic rings. The van der Waals surface area contributed by atoms with E-state index in [1.54, 1.807) is 36.7 Å². The van der Waals surface area contributed by atoms with E-state index in [-0.39, 0.29) is 41.2 Å². The summed E-state index contributed by atoms with van der Waals surface area (Å²) in [5.74, 6) is -0.332. The van der Waals surface area contributed by atoms with Crippen molar-refractivity contribution in [3.05, 3.63) is 57.6 Å². The minimum Gasteiger partial charge on any atom is -0.327 e. The normalized spacial score (nSPS) is 12.4. The Bertz CT molecular complexity index is 970. The number of halogens is 3. The average molecular weight is 450 g/mol. The molecule has 0 unspecified atom stereocenters. The van der Waals surface area contributed by atoms with E-state index in [0.717, 1.165) is 22.5 Å². The van der Waals surface area contributed by atoms with Gasteiger partial charge in [0.05, 0.1) is 27.4 Å². The van der Waals surface area contributed by atoms with Crippen LogP contribution in [0.1, 0.15) is 36.4 Å². The quantitative estimate of drug-likeness (QED) is 0.687. The Morgan fingerprint density at radius 1 is 1.36 bits per heavy atom. The van der Waals surface area contributed by atoms with Gasteiger partial charge in [0.25, 0.3) is 0 Å². The highest BCUT2D eigenvalue weighted by atomic mass is 35.5. The van der Waals surface area contributed by atoms with E-state index in [1.165, 1.54) is 6.08 Å². The Balaban J connectivity index is 0.00000392. The molecule has 9 heteroatoms. The molecule has 1 aromatic heterocycles. The summed E-state index contributed by atoms with van der Waals surface area (Å²) in [6.45, 7) is 7.17. The molecule has 0 spiro atoms. The number of benzene rings is 1. The Hall–Kier alpha value is -1.41. The molecule has 0 radical (unpaired) electrons. The molecule has 1 aromatic carbocycles. The van der Waals surface area contributed by atoms with Gasteiger partial charge in [-0.1, -0.05) is 17.7 Å². The van der Waals surface area contributed by atoms with Gasteiger partial charge in [-0.05, 0) is 51.5 Å². The zero-order chi connectivity index (χ0) is 20.4. The monoisotopic (exact) mass is 449 g/mol. The van der Waals surface area contributed by atoms with Gasteiger partial charge in [-0.25, -0.2) is 12.8 Å². The van der Waals surface area contributed by atoms with Crippen molar-refractivity contribution >= 4 is 33.8 Å². The lowest BCUT2D eigenvalue weighted by Gasteiger charge is -2.11. The van der Waals surface area contributed by atoms with Crippen LogP contribution in [-0.2, 0) is 22.8 Å². The summed E-state index contributed by atoms with van der Waals surface area (Å²) in [6, 6.07) is 4.97. The summed E-state index contributed by atoms with van der Waals surface area (Å²) in [6.07, 6.45) is 1.85. The predicted octanol–water partition coefficient (Wildman–Crippen LogP) is 4.16. The number of aryl methyl sites for hydroxylation is 1. The molecule has 0 aliphatic heterocycles. The molecular formula is C19H26Cl2FN3O2S. The highest BCUT2D eigenvalue weighted by molar-refractivity contribution is 7.92. The van der Waals surface area contributed by atoms with Crippen LogP contribution in [0.3, 0.4) is 0 Å². The van der Waals surface area contributed by atoms with Crippen LogP contribution in [0.4, 0.5) is 4.39 Å². The van der Waals surface area contributed by atoms with Crippen LogP contribution < -0.4 is 5.73 Å². The number of aromatic nitrogens is 2. The van der Waals surface area contributed by atoms with Crippen molar-refractivity contribution in [1.82, 2.24) is 9.78 Å². The first-order chi connectivity index (χ1) is 12.6. The second kappa shape index (κ2) is 9.87. The van der Waals surface area contributed by atoms with E-state index in [2.05, 4.69) is 5.10 Å². The third kappa shape index (κ3) is 5.35. The van der Waals surface area contributed by atoms with Gasteiger partial charge < -0.3 is 5.73 Å². The molecule has 0 fully saturated rings. The number of nitrogens with two attached hydrogens (primary N) is 1.